The predicted molar refractivity (Wildman–Crippen MR) is 107 cm³/mol. The molecule has 0 aliphatic heterocycles. The lowest BCUT2D eigenvalue weighted by atomic mass is 10.1. The van der Waals surface area contributed by atoms with Crippen LogP contribution in [0.4, 0.5) is 10.2 Å². The lowest BCUT2D eigenvalue weighted by Gasteiger charge is -2.09. The van der Waals surface area contributed by atoms with E-state index in [1.807, 2.05) is 19.1 Å². The first kappa shape index (κ1) is 21.3. The third-order valence-corrected chi connectivity index (χ3v) is 3.88. The molecule has 0 fully saturated rings. The number of aromatic nitrogens is 3. The van der Waals surface area contributed by atoms with Crippen LogP contribution in [-0.2, 0) is 13.0 Å². The van der Waals surface area contributed by atoms with Crippen molar-refractivity contribution in [3.05, 3.63) is 65.6 Å². The van der Waals surface area contributed by atoms with Crippen molar-refractivity contribution in [3.8, 4) is 11.5 Å². The van der Waals surface area contributed by atoms with Crippen molar-refractivity contribution in [2.45, 2.75) is 19.9 Å². The van der Waals surface area contributed by atoms with Crippen LogP contribution in [0.15, 0.2) is 48.7 Å². The number of nitrogens with one attached hydrogen (secondary N) is 1. The quantitative estimate of drug-likeness (QED) is 0.628. The Kier molecular flexibility index (Phi) is 7.48. The van der Waals surface area contributed by atoms with Crippen molar-refractivity contribution in [1.29, 1.82) is 0 Å². The summed E-state index contributed by atoms with van der Waals surface area (Å²) in [4.78, 5) is 12.4. The van der Waals surface area contributed by atoms with Crippen LogP contribution in [0.2, 0.25) is 0 Å². The van der Waals surface area contributed by atoms with E-state index >= 15 is 0 Å². The molecule has 0 atom stereocenters. The zero-order valence-electron chi connectivity index (χ0n) is 15.3. The Morgan fingerprint density at radius 3 is 2.57 bits per heavy atom. The van der Waals surface area contributed by atoms with E-state index in [-0.39, 0.29) is 23.8 Å². The molecule has 0 unspecified atom stereocenters. The van der Waals surface area contributed by atoms with E-state index in [1.54, 1.807) is 23.0 Å². The van der Waals surface area contributed by atoms with Gasteiger partial charge in [0.1, 0.15) is 17.3 Å². The van der Waals surface area contributed by atoms with E-state index in [2.05, 4.69) is 15.6 Å². The fourth-order valence-electron chi connectivity index (χ4n) is 2.46. The van der Waals surface area contributed by atoms with Gasteiger partial charge >= 0.3 is 0 Å². The number of nitrogens with zero attached hydrogens (tertiary/aromatic N) is 3. The molecule has 0 aliphatic carbocycles. The molecule has 0 aliphatic rings. The second-order valence-corrected chi connectivity index (χ2v) is 5.84. The number of ether oxygens (including phenoxy) is 1. The van der Waals surface area contributed by atoms with Gasteiger partial charge in [-0.25, -0.2) is 4.39 Å². The maximum absolute atomic E-state index is 14.1. The third-order valence-electron chi connectivity index (χ3n) is 3.88. The SMILES string of the molecule is CCn1cc(NC(=O)c2cc(Oc3ccc(CCN)cc3)ccc2F)nn1.Cl. The van der Waals surface area contributed by atoms with Crippen molar-refractivity contribution in [2.24, 2.45) is 5.73 Å². The number of hydrogen-bond acceptors (Lipinski definition) is 5. The van der Waals surface area contributed by atoms with E-state index in [0.29, 0.717) is 24.6 Å². The Hall–Kier alpha value is -2.97. The van der Waals surface area contributed by atoms with Crippen molar-refractivity contribution in [1.82, 2.24) is 15.0 Å². The summed E-state index contributed by atoms with van der Waals surface area (Å²) < 4.78 is 21.4. The van der Waals surface area contributed by atoms with Crippen LogP contribution in [-0.4, -0.2) is 27.4 Å². The molecule has 3 N–H and O–H groups in total. The monoisotopic (exact) mass is 405 g/mol. The minimum Gasteiger partial charge on any atom is -0.457 e. The van der Waals surface area contributed by atoms with Gasteiger partial charge in [-0.2, -0.15) is 0 Å². The number of halogens is 2. The molecule has 3 rings (SSSR count). The van der Waals surface area contributed by atoms with Crippen LogP contribution in [0, 0.1) is 5.82 Å². The van der Waals surface area contributed by atoms with Gasteiger partial charge in [0.2, 0.25) is 0 Å². The summed E-state index contributed by atoms with van der Waals surface area (Å²) in [6, 6.07) is 11.4. The van der Waals surface area contributed by atoms with Crippen LogP contribution < -0.4 is 15.8 Å². The molecule has 148 valence electrons. The summed E-state index contributed by atoms with van der Waals surface area (Å²) in [5.74, 6) is -0.0894. The van der Waals surface area contributed by atoms with E-state index in [9.17, 15) is 9.18 Å². The smallest absolute Gasteiger partial charge is 0.260 e. The highest BCUT2D eigenvalue weighted by molar-refractivity contribution is 6.04. The Morgan fingerprint density at radius 2 is 1.93 bits per heavy atom. The molecule has 1 aromatic heterocycles. The van der Waals surface area contributed by atoms with Crippen LogP contribution in [0.1, 0.15) is 22.8 Å². The molecular formula is C19H21ClFN5O2. The zero-order chi connectivity index (χ0) is 19.2. The number of carbonyl (C=O) groups excluding carboxylic acids is 1. The van der Waals surface area contributed by atoms with Gasteiger partial charge in [-0.05, 0) is 55.8 Å². The molecule has 1 heterocycles. The van der Waals surface area contributed by atoms with Crippen LogP contribution in [0.3, 0.4) is 0 Å². The Morgan fingerprint density at radius 1 is 1.21 bits per heavy atom. The molecule has 3 aromatic rings. The molecule has 0 bridgehead atoms. The van der Waals surface area contributed by atoms with E-state index in [0.717, 1.165) is 12.0 Å². The van der Waals surface area contributed by atoms with E-state index < -0.39 is 11.7 Å². The topological polar surface area (TPSA) is 95.1 Å². The van der Waals surface area contributed by atoms with Gasteiger partial charge in [0, 0.05) is 6.54 Å². The largest absolute Gasteiger partial charge is 0.457 e. The van der Waals surface area contributed by atoms with E-state index in [1.165, 1.54) is 18.2 Å². The van der Waals surface area contributed by atoms with Crippen molar-refractivity contribution < 1.29 is 13.9 Å². The average Bonchev–Trinajstić information content (AvgIpc) is 3.12. The summed E-state index contributed by atoms with van der Waals surface area (Å²) in [5, 5.41) is 10.2. The standard InChI is InChI=1S/C19H20FN5O2.ClH/c1-2-25-12-18(23-24-25)22-19(26)16-11-15(7-8-17(16)20)27-14-5-3-13(4-6-14)9-10-21;/h3-8,11-12H,2,9-10,21H2,1H3,(H,22,26);1H. The maximum Gasteiger partial charge on any atom is 0.260 e. The summed E-state index contributed by atoms with van der Waals surface area (Å²) in [6.45, 7) is 3.08. The lowest BCUT2D eigenvalue weighted by molar-refractivity contribution is 0.102. The molecule has 9 heteroatoms. The molecule has 0 radical (unpaired) electrons. The Labute approximate surface area is 168 Å². The zero-order valence-corrected chi connectivity index (χ0v) is 16.1. The number of amides is 1. The summed E-state index contributed by atoms with van der Waals surface area (Å²) in [7, 11) is 0. The van der Waals surface area contributed by atoms with Crippen molar-refractivity contribution >= 4 is 24.1 Å². The Bertz CT molecular complexity index is 930. The first-order chi connectivity index (χ1) is 13.1. The lowest BCUT2D eigenvalue weighted by Crippen LogP contribution is -2.14. The molecule has 7 nitrogen and oxygen atoms in total. The third kappa shape index (κ3) is 5.28. The fourth-order valence-corrected chi connectivity index (χ4v) is 2.46. The van der Waals surface area contributed by atoms with Gasteiger partial charge in [0.05, 0.1) is 11.8 Å². The van der Waals surface area contributed by atoms with Gasteiger partial charge < -0.3 is 15.8 Å². The van der Waals surface area contributed by atoms with Crippen LogP contribution >= 0.6 is 12.4 Å². The summed E-state index contributed by atoms with van der Waals surface area (Å²) in [6.07, 6.45) is 2.35. The maximum atomic E-state index is 14.1. The predicted octanol–water partition coefficient (Wildman–Crippen LogP) is 3.40. The minimum atomic E-state index is -0.652. The summed E-state index contributed by atoms with van der Waals surface area (Å²) in [5.41, 5.74) is 6.49. The number of rotatable bonds is 7. The first-order valence-electron chi connectivity index (χ1n) is 8.57. The van der Waals surface area contributed by atoms with Crippen LogP contribution in [0.5, 0.6) is 11.5 Å². The Balaban J connectivity index is 0.00000280. The van der Waals surface area contributed by atoms with Gasteiger partial charge in [-0.3, -0.25) is 9.48 Å². The normalized spacial score (nSPS) is 10.2. The molecule has 0 saturated carbocycles. The molecule has 0 spiro atoms. The highest BCUT2D eigenvalue weighted by Crippen LogP contribution is 2.24. The van der Waals surface area contributed by atoms with Crippen molar-refractivity contribution in [2.75, 3.05) is 11.9 Å². The van der Waals surface area contributed by atoms with Crippen molar-refractivity contribution in [3.63, 3.8) is 0 Å². The minimum absolute atomic E-state index is 0. The second kappa shape index (κ2) is 9.82. The van der Waals surface area contributed by atoms with Gasteiger partial charge in [-0.15, -0.1) is 17.5 Å². The first-order valence-corrected chi connectivity index (χ1v) is 8.57. The summed E-state index contributed by atoms with van der Waals surface area (Å²) >= 11 is 0. The number of carbonyl (C=O) groups is 1. The van der Waals surface area contributed by atoms with E-state index in [4.69, 9.17) is 10.5 Å². The molecule has 0 saturated heterocycles. The van der Waals surface area contributed by atoms with Gasteiger partial charge in [0.25, 0.3) is 5.91 Å². The highest BCUT2D eigenvalue weighted by Gasteiger charge is 2.15. The number of aryl methyl sites for hydroxylation is 1. The molecular weight excluding hydrogens is 385 g/mol. The fraction of sp³-hybridized carbons (Fsp3) is 0.211. The van der Waals surface area contributed by atoms with Crippen LogP contribution in [0.25, 0.3) is 0 Å². The average molecular weight is 406 g/mol. The number of nitrogens with two attached hydrogens (primary N) is 1. The molecule has 2 aromatic carbocycles. The number of benzene rings is 2. The second-order valence-electron chi connectivity index (χ2n) is 5.84. The molecule has 28 heavy (non-hydrogen) atoms. The van der Waals surface area contributed by atoms with Gasteiger partial charge in [-0.1, -0.05) is 17.3 Å². The number of anilines is 1. The number of hydrogen-bond donors (Lipinski definition) is 2. The van der Waals surface area contributed by atoms with Gasteiger partial charge in [0.15, 0.2) is 5.82 Å². The highest BCUT2D eigenvalue weighted by atomic mass is 35.5. The molecule has 1 amide bonds.